The van der Waals surface area contributed by atoms with Crippen molar-refractivity contribution in [3.63, 3.8) is 0 Å². The Morgan fingerprint density at radius 3 is 2.35 bits per heavy atom. The summed E-state index contributed by atoms with van der Waals surface area (Å²) in [5, 5.41) is 16.1. The number of aryl methyl sites for hydroxylation is 1. The standard InChI is InChI=1S/C44H31N4S/c1-3-13-27(14-4-1)41-33-19-7-10-20-36(33)45-44(46-41)48-39-26-38-34(29-17-8-11-21-37(29)47(38)28-15-5-2-6-16-28)25-35(39)31-23-24-32-30-18-9-12-22-40(30)49-43(32)42(31)48/h1-7,9-16,18-26,41,44-45H,8,17H2/q-1. The fourth-order valence-corrected chi connectivity index (χ4v) is 9.69. The second-order valence-electron chi connectivity index (χ2n) is 13.2. The number of hydrogen-bond donors (Lipinski definition) is 1. The minimum Gasteiger partial charge on any atom is -0.614 e. The lowest BCUT2D eigenvalue weighted by molar-refractivity contribution is 0.630. The van der Waals surface area contributed by atoms with Gasteiger partial charge < -0.3 is 19.8 Å². The van der Waals surface area contributed by atoms with Gasteiger partial charge in [0.2, 0.25) is 0 Å². The summed E-state index contributed by atoms with van der Waals surface area (Å²) in [4.78, 5) is 0. The van der Waals surface area contributed by atoms with Crippen LogP contribution in [0, 0.1) is 0 Å². The van der Waals surface area contributed by atoms with Crippen LogP contribution in [0.4, 0.5) is 5.69 Å². The van der Waals surface area contributed by atoms with E-state index < -0.39 is 0 Å². The summed E-state index contributed by atoms with van der Waals surface area (Å²) < 4.78 is 7.59. The smallest absolute Gasteiger partial charge is 0.0675 e. The molecule has 234 valence electrons. The molecule has 2 aliphatic rings. The van der Waals surface area contributed by atoms with Crippen molar-refractivity contribution in [2.24, 2.45) is 0 Å². The van der Waals surface area contributed by atoms with Crippen molar-refractivity contribution in [2.45, 2.75) is 25.2 Å². The quantitative estimate of drug-likeness (QED) is 0.203. The Morgan fingerprint density at radius 2 is 1.45 bits per heavy atom. The summed E-state index contributed by atoms with van der Waals surface area (Å²) in [5.74, 6) is 0. The van der Waals surface area contributed by atoms with Gasteiger partial charge in [-0.15, -0.1) is 11.3 Å². The van der Waals surface area contributed by atoms with Gasteiger partial charge in [-0.3, -0.25) is 0 Å². The van der Waals surface area contributed by atoms with Crippen LogP contribution in [0.2, 0.25) is 0 Å². The Balaban J connectivity index is 1.26. The Labute approximate surface area is 287 Å². The molecule has 11 rings (SSSR count). The van der Waals surface area contributed by atoms with Crippen molar-refractivity contribution in [3.8, 4) is 5.69 Å². The summed E-state index contributed by atoms with van der Waals surface area (Å²) in [6, 6.07) is 48.6. The van der Waals surface area contributed by atoms with Gasteiger partial charge in [0, 0.05) is 55.0 Å². The molecular weight excluding hydrogens is 617 g/mol. The number of anilines is 1. The topological polar surface area (TPSA) is 36.0 Å². The molecule has 2 unspecified atom stereocenters. The van der Waals surface area contributed by atoms with Crippen LogP contribution in [0.5, 0.6) is 0 Å². The van der Waals surface area contributed by atoms with Crippen LogP contribution in [0.15, 0.2) is 140 Å². The molecule has 3 aromatic heterocycles. The van der Waals surface area contributed by atoms with Gasteiger partial charge in [-0.25, -0.2) is 0 Å². The van der Waals surface area contributed by atoms with Gasteiger partial charge in [-0.2, -0.15) is 0 Å². The first-order valence-electron chi connectivity index (χ1n) is 17.1. The molecule has 5 heteroatoms. The molecule has 0 radical (unpaired) electrons. The maximum Gasteiger partial charge on any atom is 0.0675 e. The summed E-state index contributed by atoms with van der Waals surface area (Å²) in [6.45, 7) is 0. The molecule has 0 amide bonds. The molecule has 2 atom stereocenters. The highest BCUT2D eigenvalue weighted by Crippen LogP contribution is 2.49. The number of rotatable bonds is 3. The maximum atomic E-state index is 5.66. The number of hydrogen-bond acceptors (Lipinski definition) is 2. The fourth-order valence-electron chi connectivity index (χ4n) is 8.44. The third-order valence-electron chi connectivity index (χ3n) is 10.6. The molecule has 4 nitrogen and oxygen atoms in total. The number of fused-ring (bicyclic) bond motifs is 11. The molecular formula is C44H31N4S-. The molecule has 0 saturated carbocycles. The third kappa shape index (κ3) is 3.94. The van der Waals surface area contributed by atoms with E-state index in [0.29, 0.717) is 0 Å². The number of aromatic nitrogens is 2. The van der Waals surface area contributed by atoms with Crippen LogP contribution in [0.3, 0.4) is 0 Å². The number of nitrogens with one attached hydrogen (secondary N) is 1. The van der Waals surface area contributed by atoms with E-state index in [1.807, 2.05) is 11.3 Å². The highest BCUT2D eigenvalue weighted by atomic mass is 32.1. The maximum absolute atomic E-state index is 5.66. The van der Waals surface area contributed by atoms with E-state index in [0.717, 1.165) is 18.5 Å². The molecule has 4 heterocycles. The number of para-hydroxylation sites is 2. The average molecular weight is 648 g/mol. The van der Waals surface area contributed by atoms with Crippen molar-refractivity contribution >= 4 is 76.0 Å². The Hall–Kier alpha value is -5.62. The first-order chi connectivity index (χ1) is 24.3. The zero-order valence-corrected chi connectivity index (χ0v) is 27.5. The molecule has 1 N–H and O–H groups in total. The zero-order valence-electron chi connectivity index (χ0n) is 26.7. The minimum absolute atomic E-state index is 0.0906. The van der Waals surface area contributed by atoms with Crippen molar-refractivity contribution in [3.05, 3.63) is 167 Å². The Morgan fingerprint density at radius 1 is 0.673 bits per heavy atom. The van der Waals surface area contributed by atoms with Gasteiger partial charge in [-0.05, 0) is 66.4 Å². The van der Waals surface area contributed by atoms with E-state index in [1.54, 1.807) is 0 Å². The van der Waals surface area contributed by atoms with Crippen LogP contribution < -0.4 is 5.32 Å². The largest absolute Gasteiger partial charge is 0.614 e. The normalized spacial score (nSPS) is 17.2. The highest BCUT2D eigenvalue weighted by Gasteiger charge is 2.26. The Bertz CT molecular complexity index is 2780. The van der Waals surface area contributed by atoms with Crippen molar-refractivity contribution in [2.75, 3.05) is 5.32 Å². The molecule has 1 aliphatic carbocycles. The van der Waals surface area contributed by atoms with Crippen LogP contribution in [-0.2, 0) is 6.42 Å². The van der Waals surface area contributed by atoms with Gasteiger partial charge in [0.1, 0.15) is 0 Å². The van der Waals surface area contributed by atoms with E-state index in [2.05, 4.69) is 160 Å². The molecule has 9 aromatic rings. The van der Waals surface area contributed by atoms with Crippen LogP contribution >= 0.6 is 11.3 Å². The molecule has 0 bridgehead atoms. The third-order valence-corrected chi connectivity index (χ3v) is 11.8. The average Bonchev–Trinajstić information content (AvgIpc) is 3.81. The van der Waals surface area contributed by atoms with E-state index in [1.165, 1.54) is 81.0 Å². The predicted molar refractivity (Wildman–Crippen MR) is 207 cm³/mol. The summed E-state index contributed by atoms with van der Waals surface area (Å²) in [6.07, 6.45) is 6.43. The summed E-state index contributed by atoms with van der Waals surface area (Å²) in [5.41, 5.74) is 11.1. The Kier molecular flexibility index (Phi) is 5.82. The van der Waals surface area contributed by atoms with Crippen molar-refractivity contribution < 1.29 is 0 Å². The molecule has 0 saturated heterocycles. The molecule has 0 spiro atoms. The number of allylic oxidation sites excluding steroid dienone is 1. The molecule has 49 heavy (non-hydrogen) atoms. The monoisotopic (exact) mass is 647 g/mol. The van der Waals surface area contributed by atoms with E-state index in [9.17, 15) is 0 Å². The first-order valence-corrected chi connectivity index (χ1v) is 17.9. The summed E-state index contributed by atoms with van der Waals surface area (Å²) >= 11 is 1.89. The predicted octanol–water partition coefficient (Wildman–Crippen LogP) is 12.1. The highest BCUT2D eigenvalue weighted by molar-refractivity contribution is 7.26. The van der Waals surface area contributed by atoms with Crippen molar-refractivity contribution in [1.82, 2.24) is 9.13 Å². The van der Waals surface area contributed by atoms with Gasteiger partial charge in [0.25, 0.3) is 0 Å². The second-order valence-corrected chi connectivity index (χ2v) is 14.3. The van der Waals surface area contributed by atoms with Gasteiger partial charge in [-0.1, -0.05) is 115 Å². The lowest BCUT2D eigenvalue weighted by Crippen LogP contribution is -2.25. The van der Waals surface area contributed by atoms with E-state index >= 15 is 0 Å². The van der Waals surface area contributed by atoms with E-state index in [-0.39, 0.29) is 12.3 Å². The van der Waals surface area contributed by atoms with E-state index in [4.69, 9.17) is 5.32 Å². The lowest BCUT2D eigenvalue weighted by atomic mass is 9.95. The number of nitrogens with zero attached hydrogens (tertiary/aromatic N) is 3. The number of benzene rings is 6. The van der Waals surface area contributed by atoms with Crippen molar-refractivity contribution in [1.29, 1.82) is 0 Å². The van der Waals surface area contributed by atoms with Crippen LogP contribution in [-0.4, -0.2) is 9.13 Å². The fraction of sp³-hybridized carbons (Fsp3) is 0.0909. The number of thiophene rings is 1. The minimum atomic E-state index is -0.317. The summed E-state index contributed by atoms with van der Waals surface area (Å²) in [7, 11) is 0. The van der Waals surface area contributed by atoms with Gasteiger partial charge in [0.15, 0.2) is 0 Å². The van der Waals surface area contributed by atoms with Gasteiger partial charge >= 0.3 is 0 Å². The second kappa shape index (κ2) is 10.4. The molecule has 1 aliphatic heterocycles. The van der Waals surface area contributed by atoms with Gasteiger partial charge in [0.05, 0.1) is 21.3 Å². The van der Waals surface area contributed by atoms with Crippen LogP contribution in [0.25, 0.3) is 70.0 Å². The lowest BCUT2D eigenvalue weighted by Gasteiger charge is -2.48. The zero-order chi connectivity index (χ0) is 32.1. The SMILES string of the molecule is C1=Cc2c(c3cc4c5ccc6c7ccccc7sc6c5n(C5[N-]C(c6ccccc6)c6ccccc6N5)c4cc3n2-c2ccccc2)CC1. The first kappa shape index (κ1) is 27.3. The molecule has 0 fully saturated rings. The van der Waals surface area contributed by atoms with Crippen LogP contribution in [0.1, 0.15) is 41.1 Å². The molecule has 6 aromatic carbocycles.